The van der Waals surface area contributed by atoms with E-state index in [9.17, 15) is 10.2 Å². The Morgan fingerprint density at radius 2 is 1.12 bits per heavy atom. The molecule has 0 radical (unpaired) electrons. The average Bonchev–Trinajstić information content (AvgIpc) is 3.46. The number of benzene rings is 5. The highest BCUT2D eigenvalue weighted by atomic mass is 19.1. The van der Waals surface area contributed by atoms with E-state index in [0.717, 1.165) is 33.0 Å². The Hall–Kier alpha value is -4.03. The van der Waals surface area contributed by atoms with Crippen molar-refractivity contribution in [3.8, 4) is 0 Å². The molecule has 0 aliphatic carbocycles. The number of hydrogen-bond donors (Lipinski definition) is 2. The molecule has 0 bridgehead atoms. The number of halogens is 1. The fourth-order valence-corrected chi connectivity index (χ4v) is 6.04. The Morgan fingerprint density at radius 1 is 0.588 bits per heavy atom. The molecule has 1 heterocycles. The highest BCUT2D eigenvalue weighted by Crippen LogP contribution is 2.27. The topological polar surface area (TPSA) is 95.8 Å². The fourth-order valence-electron chi connectivity index (χ4n) is 6.04. The van der Waals surface area contributed by atoms with Crippen LogP contribution in [0.4, 0.5) is 4.39 Å². The first-order valence-corrected chi connectivity index (χ1v) is 17.3. The van der Waals surface area contributed by atoms with Crippen molar-refractivity contribution in [3.05, 3.63) is 156 Å². The molecule has 1 aliphatic heterocycles. The number of aliphatic hydroxyl groups is 2. The lowest BCUT2D eigenvalue weighted by Gasteiger charge is -2.34. The zero-order chi connectivity index (χ0) is 35.3. The van der Waals surface area contributed by atoms with Gasteiger partial charge in [-0.1, -0.05) is 127 Å². The molecular formula is C42H45FO8. The Bertz CT molecular complexity index is 1730. The number of ether oxygens (including phenoxy) is 6. The van der Waals surface area contributed by atoms with Crippen LogP contribution in [0.2, 0.25) is 0 Å². The third-order valence-corrected chi connectivity index (χ3v) is 8.88. The minimum Gasteiger partial charge on any atom is -0.394 e. The van der Waals surface area contributed by atoms with Gasteiger partial charge in [0.1, 0.15) is 30.5 Å². The lowest BCUT2D eigenvalue weighted by atomic mass is 10.1. The van der Waals surface area contributed by atoms with E-state index in [-0.39, 0.29) is 33.0 Å². The van der Waals surface area contributed by atoms with Crippen molar-refractivity contribution in [2.45, 2.75) is 69.4 Å². The molecule has 0 amide bonds. The van der Waals surface area contributed by atoms with Gasteiger partial charge < -0.3 is 38.6 Å². The van der Waals surface area contributed by atoms with Crippen LogP contribution in [0.3, 0.4) is 0 Å². The molecular weight excluding hydrogens is 651 g/mol. The Kier molecular flexibility index (Phi) is 13.7. The van der Waals surface area contributed by atoms with E-state index >= 15 is 4.39 Å². The molecule has 9 heteroatoms. The van der Waals surface area contributed by atoms with Gasteiger partial charge in [-0.05, 0) is 39.1 Å². The van der Waals surface area contributed by atoms with E-state index in [4.69, 9.17) is 28.4 Å². The quantitative estimate of drug-likeness (QED) is 0.101. The van der Waals surface area contributed by atoms with E-state index in [0.29, 0.717) is 6.61 Å². The SMILES string of the molecule is OCC1OC(OCC(OCc2ccccc2)C(OCc2ccccc2)C(COCc2ccc3ccccc3c2)OCc2ccccc2)C(F)C1O. The minimum atomic E-state index is -1.85. The van der Waals surface area contributed by atoms with Crippen molar-refractivity contribution < 1.29 is 43.0 Å². The predicted molar refractivity (Wildman–Crippen MR) is 191 cm³/mol. The maximum absolute atomic E-state index is 15.1. The number of hydrogen-bond acceptors (Lipinski definition) is 8. The third-order valence-electron chi connectivity index (χ3n) is 8.88. The van der Waals surface area contributed by atoms with Crippen LogP contribution in [0.15, 0.2) is 133 Å². The van der Waals surface area contributed by atoms with Crippen LogP contribution in [0.1, 0.15) is 22.3 Å². The summed E-state index contributed by atoms with van der Waals surface area (Å²) in [6.07, 6.45) is -8.06. The van der Waals surface area contributed by atoms with Crippen LogP contribution < -0.4 is 0 Å². The molecule has 1 saturated heterocycles. The van der Waals surface area contributed by atoms with Crippen molar-refractivity contribution in [2.75, 3.05) is 19.8 Å². The molecule has 7 unspecified atom stereocenters. The molecule has 5 aromatic rings. The molecule has 6 rings (SSSR count). The summed E-state index contributed by atoms with van der Waals surface area (Å²) in [5, 5.41) is 22.1. The van der Waals surface area contributed by atoms with Gasteiger partial charge in [-0.2, -0.15) is 0 Å². The van der Waals surface area contributed by atoms with E-state index in [1.54, 1.807) is 0 Å². The van der Waals surface area contributed by atoms with E-state index in [1.807, 2.05) is 109 Å². The molecule has 0 aromatic heterocycles. The van der Waals surface area contributed by atoms with Gasteiger partial charge in [0.05, 0.1) is 46.2 Å². The second-order valence-electron chi connectivity index (χ2n) is 12.6. The Labute approximate surface area is 298 Å². The van der Waals surface area contributed by atoms with E-state index in [2.05, 4.69) is 24.3 Å². The monoisotopic (exact) mass is 696 g/mol. The van der Waals surface area contributed by atoms with Crippen LogP contribution in [0, 0.1) is 0 Å². The molecule has 0 spiro atoms. The first-order chi connectivity index (χ1) is 25.1. The van der Waals surface area contributed by atoms with Crippen molar-refractivity contribution in [3.63, 3.8) is 0 Å². The van der Waals surface area contributed by atoms with Crippen molar-refractivity contribution in [1.82, 2.24) is 0 Å². The zero-order valence-corrected chi connectivity index (χ0v) is 28.4. The number of alkyl halides is 1. The fraction of sp³-hybridized carbons (Fsp3) is 0.333. The molecule has 1 fully saturated rings. The molecule has 268 valence electrons. The average molecular weight is 697 g/mol. The molecule has 2 N–H and O–H groups in total. The number of aliphatic hydroxyl groups excluding tert-OH is 2. The molecule has 0 saturated carbocycles. The van der Waals surface area contributed by atoms with Crippen LogP contribution in [0.25, 0.3) is 10.8 Å². The normalized spacial score (nSPS) is 20.7. The summed E-state index contributed by atoms with van der Waals surface area (Å²) in [7, 11) is 0. The van der Waals surface area contributed by atoms with Crippen molar-refractivity contribution in [2.24, 2.45) is 0 Å². The van der Waals surface area contributed by atoms with Crippen LogP contribution in [-0.4, -0.2) is 73.0 Å². The summed E-state index contributed by atoms with van der Waals surface area (Å²) < 4.78 is 52.7. The van der Waals surface area contributed by atoms with Gasteiger partial charge in [-0.3, -0.25) is 0 Å². The summed E-state index contributed by atoms with van der Waals surface area (Å²) >= 11 is 0. The third kappa shape index (κ3) is 10.5. The number of rotatable bonds is 19. The lowest BCUT2D eigenvalue weighted by Crippen LogP contribution is -2.48. The van der Waals surface area contributed by atoms with Gasteiger partial charge in [0, 0.05) is 0 Å². The Balaban J connectivity index is 1.26. The first-order valence-electron chi connectivity index (χ1n) is 17.3. The predicted octanol–water partition coefficient (Wildman–Crippen LogP) is 6.55. The van der Waals surface area contributed by atoms with Gasteiger partial charge in [-0.25, -0.2) is 4.39 Å². The van der Waals surface area contributed by atoms with E-state index in [1.165, 1.54) is 0 Å². The largest absolute Gasteiger partial charge is 0.394 e. The molecule has 7 atom stereocenters. The second-order valence-corrected chi connectivity index (χ2v) is 12.6. The number of fused-ring (bicyclic) bond motifs is 1. The summed E-state index contributed by atoms with van der Waals surface area (Å²) in [5.41, 5.74) is 3.86. The molecule has 1 aliphatic rings. The van der Waals surface area contributed by atoms with Crippen molar-refractivity contribution in [1.29, 1.82) is 0 Å². The van der Waals surface area contributed by atoms with Crippen LogP contribution in [-0.2, 0) is 54.8 Å². The summed E-state index contributed by atoms with van der Waals surface area (Å²) in [5.74, 6) is 0. The van der Waals surface area contributed by atoms with Crippen LogP contribution >= 0.6 is 0 Å². The second kappa shape index (κ2) is 19.0. The molecule has 5 aromatic carbocycles. The highest BCUT2D eigenvalue weighted by Gasteiger charge is 2.45. The van der Waals surface area contributed by atoms with Gasteiger partial charge in [0.2, 0.25) is 0 Å². The molecule has 51 heavy (non-hydrogen) atoms. The zero-order valence-electron chi connectivity index (χ0n) is 28.4. The van der Waals surface area contributed by atoms with Gasteiger partial charge >= 0.3 is 0 Å². The van der Waals surface area contributed by atoms with Gasteiger partial charge in [0.25, 0.3) is 0 Å². The van der Waals surface area contributed by atoms with E-state index < -0.39 is 49.6 Å². The highest BCUT2D eigenvalue weighted by molar-refractivity contribution is 5.82. The van der Waals surface area contributed by atoms with Gasteiger partial charge in [0.15, 0.2) is 12.5 Å². The lowest BCUT2D eigenvalue weighted by molar-refractivity contribution is -0.213. The maximum atomic E-state index is 15.1. The van der Waals surface area contributed by atoms with Gasteiger partial charge in [-0.15, -0.1) is 0 Å². The smallest absolute Gasteiger partial charge is 0.192 e. The van der Waals surface area contributed by atoms with Crippen LogP contribution in [0.5, 0.6) is 0 Å². The summed E-state index contributed by atoms with van der Waals surface area (Å²) in [6, 6.07) is 43.7. The molecule has 8 nitrogen and oxygen atoms in total. The standard InChI is InChI=1S/C42H45FO8/c43-39-40(45)36(23-44)51-42(39)50-29-38(48-26-31-14-6-2-7-15-31)41(49-27-32-16-8-3-9-17-32)37(47-25-30-12-4-1-5-13-30)28-46-24-33-20-21-34-18-10-11-19-35(34)22-33/h1-22,36-42,44-45H,23-29H2. The van der Waals surface area contributed by atoms with Crippen molar-refractivity contribution >= 4 is 10.8 Å². The maximum Gasteiger partial charge on any atom is 0.192 e. The first kappa shape index (κ1) is 36.8. The summed E-state index contributed by atoms with van der Waals surface area (Å²) in [4.78, 5) is 0. The summed E-state index contributed by atoms with van der Waals surface area (Å²) in [6.45, 7) is 0.541. The Morgan fingerprint density at radius 3 is 1.69 bits per heavy atom. The minimum absolute atomic E-state index is 0.154.